The van der Waals surface area contributed by atoms with E-state index >= 15 is 0 Å². The Morgan fingerprint density at radius 3 is 2.79 bits per heavy atom. The van der Waals surface area contributed by atoms with Crippen molar-refractivity contribution >= 4 is 45.8 Å². The van der Waals surface area contributed by atoms with Crippen LogP contribution in [0.5, 0.6) is 5.75 Å². The predicted molar refractivity (Wildman–Crippen MR) is 101 cm³/mol. The van der Waals surface area contributed by atoms with Gasteiger partial charge in [-0.15, -0.1) is 0 Å². The summed E-state index contributed by atoms with van der Waals surface area (Å²) in [5.41, 5.74) is 1.47. The molecule has 0 atom stereocenters. The van der Waals surface area contributed by atoms with E-state index in [0.29, 0.717) is 17.9 Å². The molecule has 2 aromatic rings. The first-order chi connectivity index (χ1) is 11.6. The zero-order chi connectivity index (χ0) is 16.9. The lowest BCUT2D eigenvalue weighted by atomic mass is 10.2. The maximum Gasteiger partial charge on any atom is 0.262 e. The Bertz CT molecular complexity index is 763. The SMILES string of the molecule is O=C(COc1cccc(I)c1)Nc1cccc(N2CCCC2=O)c1. The van der Waals surface area contributed by atoms with Crippen molar-refractivity contribution < 1.29 is 14.3 Å². The molecule has 0 unspecified atom stereocenters. The van der Waals surface area contributed by atoms with Gasteiger partial charge in [-0.2, -0.15) is 0 Å². The Hall–Kier alpha value is -2.09. The van der Waals surface area contributed by atoms with Crippen LogP contribution in [0.3, 0.4) is 0 Å². The number of halogens is 1. The molecule has 2 aromatic carbocycles. The van der Waals surface area contributed by atoms with Crippen molar-refractivity contribution in [1.82, 2.24) is 0 Å². The van der Waals surface area contributed by atoms with E-state index in [1.54, 1.807) is 11.0 Å². The van der Waals surface area contributed by atoms with E-state index in [9.17, 15) is 9.59 Å². The van der Waals surface area contributed by atoms with Crippen LogP contribution < -0.4 is 15.0 Å². The van der Waals surface area contributed by atoms with Gasteiger partial charge in [-0.25, -0.2) is 0 Å². The van der Waals surface area contributed by atoms with Crippen LogP contribution in [0.1, 0.15) is 12.8 Å². The van der Waals surface area contributed by atoms with Gasteiger partial charge in [0, 0.05) is 27.9 Å². The van der Waals surface area contributed by atoms with Crippen LogP contribution in [-0.4, -0.2) is 25.0 Å². The molecule has 2 amide bonds. The molecule has 1 N–H and O–H groups in total. The number of nitrogens with one attached hydrogen (secondary N) is 1. The number of hydrogen-bond donors (Lipinski definition) is 1. The van der Waals surface area contributed by atoms with Gasteiger partial charge >= 0.3 is 0 Å². The van der Waals surface area contributed by atoms with E-state index < -0.39 is 0 Å². The number of anilines is 2. The monoisotopic (exact) mass is 436 g/mol. The summed E-state index contributed by atoms with van der Waals surface area (Å²) < 4.78 is 6.54. The van der Waals surface area contributed by atoms with Crippen LogP contribution in [0.25, 0.3) is 0 Å². The molecule has 124 valence electrons. The number of amides is 2. The Balaban J connectivity index is 1.59. The summed E-state index contributed by atoms with van der Waals surface area (Å²) >= 11 is 2.19. The fourth-order valence-electron chi connectivity index (χ4n) is 2.58. The minimum Gasteiger partial charge on any atom is -0.484 e. The third-order valence-electron chi connectivity index (χ3n) is 3.68. The second-order valence-electron chi connectivity index (χ2n) is 5.49. The van der Waals surface area contributed by atoms with Crippen LogP contribution in [0.2, 0.25) is 0 Å². The minimum absolute atomic E-state index is 0.0625. The minimum atomic E-state index is -0.237. The molecule has 1 saturated heterocycles. The molecule has 6 heteroatoms. The number of hydrogen-bond acceptors (Lipinski definition) is 3. The molecule has 5 nitrogen and oxygen atoms in total. The highest BCUT2D eigenvalue weighted by Gasteiger charge is 2.21. The fraction of sp³-hybridized carbons (Fsp3) is 0.222. The van der Waals surface area contributed by atoms with Gasteiger partial charge in [0.25, 0.3) is 5.91 Å². The predicted octanol–water partition coefficient (Wildman–Crippen LogP) is 3.44. The Morgan fingerprint density at radius 1 is 1.21 bits per heavy atom. The van der Waals surface area contributed by atoms with Crippen molar-refractivity contribution in [1.29, 1.82) is 0 Å². The van der Waals surface area contributed by atoms with Crippen LogP contribution in [0, 0.1) is 3.57 Å². The highest BCUT2D eigenvalue weighted by Crippen LogP contribution is 2.24. The van der Waals surface area contributed by atoms with Gasteiger partial charge in [-0.05, 0) is 65.4 Å². The van der Waals surface area contributed by atoms with E-state index in [1.165, 1.54) is 0 Å². The first kappa shape index (κ1) is 16.8. The molecule has 1 fully saturated rings. The molecule has 1 aliphatic rings. The molecular weight excluding hydrogens is 419 g/mol. The summed E-state index contributed by atoms with van der Waals surface area (Å²) in [5.74, 6) is 0.549. The van der Waals surface area contributed by atoms with Crippen molar-refractivity contribution in [3.63, 3.8) is 0 Å². The zero-order valence-electron chi connectivity index (χ0n) is 13.0. The largest absolute Gasteiger partial charge is 0.484 e. The molecule has 0 aromatic heterocycles. The summed E-state index contributed by atoms with van der Waals surface area (Å²) in [6, 6.07) is 14.8. The van der Waals surface area contributed by atoms with E-state index in [2.05, 4.69) is 27.9 Å². The number of benzene rings is 2. The van der Waals surface area contributed by atoms with Gasteiger partial charge in [0.1, 0.15) is 5.75 Å². The average Bonchev–Trinajstić information content (AvgIpc) is 2.99. The van der Waals surface area contributed by atoms with Crippen molar-refractivity contribution in [2.45, 2.75) is 12.8 Å². The van der Waals surface area contributed by atoms with Crippen molar-refractivity contribution in [2.75, 3.05) is 23.4 Å². The third kappa shape index (κ3) is 4.25. The number of nitrogens with zero attached hydrogens (tertiary/aromatic N) is 1. The number of ether oxygens (including phenoxy) is 1. The molecule has 0 bridgehead atoms. The average molecular weight is 436 g/mol. The van der Waals surface area contributed by atoms with Crippen LogP contribution in [0.15, 0.2) is 48.5 Å². The maximum atomic E-state index is 12.0. The molecule has 3 rings (SSSR count). The summed E-state index contributed by atoms with van der Waals surface area (Å²) in [6.45, 7) is 0.666. The van der Waals surface area contributed by atoms with Crippen molar-refractivity contribution in [3.05, 3.63) is 52.1 Å². The number of rotatable bonds is 5. The van der Waals surface area contributed by atoms with Crippen molar-refractivity contribution in [2.24, 2.45) is 0 Å². The zero-order valence-corrected chi connectivity index (χ0v) is 15.2. The standard InChI is InChI=1S/C18H17IN2O3/c19-13-4-1-7-16(10-13)24-12-17(22)20-14-5-2-6-15(11-14)21-9-3-8-18(21)23/h1-2,4-7,10-11H,3,8-9,12H2,(H,20,22). The normalized spacial score (nSPS) is 13.9. The van der Waals surface area contributed by atoms with E-state index in [1.807, 2.05) is 42.5 Å². The van der Waals surface area contributed by atoms with Gasteiger partial charge < -0.3 is 15.0 Å². The van der Waals surface area contributed by atoms with E-state index in [-0.39, 0.29) is 18.4 Å². The lowest BCUT2D eigenvalue weighted by molar-refractivity contribution is -0.118. The lowest BCUT2D eigenvalue weighted by Crippen LogP contribution is -2.24. The smallest absolute Gasteiger partial charge is 0.262 e. The summed E-state index contributed by atoms with van der Waals surface area (Å²) in [6.07, 6.45) is 1.46. The van der Waals surface area contributed by atoms with Gasteiger partial charge in [0.05, 0.1) is 0 Å². The molecule has 0 aliphatic carbocycles. The quantitative estimate of drug-likeness (QED) is 0.731. The summed E-state index contributed by atoms with van der Waals surface area (Å²) in [4.78, 5) is 25.6. The summed E-state index contributed by atoms with van der Waals surface area (Å²) in [5, 5.41) is 2.80. The number of carbonyl (C=O) groups is 2. The second kappa shape index (κ2) is 7.65. The first-order valence-electron chi connectivity index (χ1n) is 7.70. The highest BCUT2D eigenvalue weighted by molar-refractivity contribution is 14.1. The first-order valence-corrected chi connectivity index (χ1v) is 8.78. The molecule has 0 radical (unpaired) electrons. The Kier molecular flexibility index (Phi) is 5.34. The van der Waals surface area contributed by atoms with E-state index in [0.717, 1.165) is 22.2 Å². The molecule has 0 saturated carbocycles. The van der Waals surface area contributed by atoms with Crippen LogP contribution >= 0.6 is 22.6 Å². The van der Waals surface area contributed by atoms with Gasteiger partial charge in [0.2, 0.25) is 5.91 Å². The summed E-state index contributed by atoms with van der Waals surface area (Å²) in [7, 11) is 0. The molecule has 1 aliphatic heterocycles. The molecule has 0 spiro atoms. The van der Waals surface area contributed by atoms with Gasteiger partial charge in [-0.3, -0.25) is 9.59 Å². The van der Waals surface area contributed by atoms with Gasteiger partial charge in [-0.1, -0.05) is 12.1 Å². The lowest BCUT2D eigenvalue weighted by Gasteiger charge is -2.16. The molecular formula is C18H17IN2O3. The van der Waals surface area contributed by atoms with Crippen molar-refractivity contribution in [3.8, 4) is 5.75 Å². The number of carbonyl (C=O) groups excluding carboxylic acids is 2. The highest BCUT2D eigenvalue weighted by atomic mass is 127. The Morgan fingerprint density at radius 2 is 2.04 bits per heavy atom. The Labute approximate surface area is 154 Å². The fourth-order valence-corrected chi connectivity index (χ4v) is 3.09. The topological polar surface area (TPSA) is 58.6 Å². The third-order valence-corrected chi connectivity index (χ3v) is 4.35. The maximum absolute atomic E-state index is 12.0. The molecule has 1 heterocycles. The van der Waals surface area contributed by atoms with E-state index in [4.69, 9.17) is 4.74 Å². The molecule has 24 heavy (non-hydrogen) atoms. The van der Waals surface area contributed by atoms with Gasteiger partial charge in [0.15, 0.2) is 6.61 Å². The van der Waals surface area contributed by atoms with Crippen LogP contribution in [0.4, 0.5) is 11.4 Å². The second-order valence-corrected chi connectivity index (χ2v) is 6.74. The van der Waals surface area contributed by atoms with Crippen LogP contribution in [-0.2, 0) is 9.59 Å².